The maximum absolute atomic E-state index is 12.4. The van der Waals surface area contributed by atoms with Crippen molar-refractivity contribution in [3.63, 3.8) is 0 Å². The van der Waals surface area contributed by atoms with E-state index in [0.29, 0.717) is 0 Å². The van der Waals surface area contributed by atoms with Crippen molar-refractivity contribution in [2.24, 2.45) is 5.73 Å². The van der Waals surface area contributed by atoms with Gasteiger partial charge in [0.05, 0.1) is 5.56 Å². The minimum absolute atomic E-state index is 0.132. The van der Waals surface area contributed by atoms with Gasteiger partial charge in [0.15, 0.2) is 5.75 Å². The number of hydrogen-bond acceptors (Lipinski definition) is 3. The highest BCUT2D eigenvalue weighted by atomic mass is 19.4. The summed E-state index contributed by atoms with van der Waals surface area (Å²) in [5.41, 5.74) is 4.71. The Hall–Kier alpha value is -2.57. The first-order valence-electron chi connectivity index (χ1n) is 5.52. The van der Waals surface area contributed by atoms with E-state index in [1.165, 1.54) is 24.4 Å². The fraction of sp³-hybridized carbons (Fsp3) is 0.0769. The van der Waals surface area contributed by atoms with Crippen LogP contribution in [0.25, 0.3) is 0 Å². The largest absolute Gasteiger partial charge is 0.455 e. The first-order valence-corrected chi connectivity index (χ1v) is 5.52. The molecule has 1 aromatic carbocycles. The summed E-state index contributed by atoms with van der Waals surface area (Å²) in [6.45, 7) is 0. The Morgan fingerprint density at radius 2 is 1.80 bits per heavy atom. The lowest BCUT2D eigenvalue weighted by Crippen LogP contribution is -2.14. The van der Waals surface area contributed by atoms with Crippen LogP contribution in [0.3, 0.4) is 0 Å². The van der Waals surface area contributed by atoms with Crippen LogP contribution in [0.15, 0.2) is 42.6 Å². The van der Waals surface area contributed by atoms with Crippen molar-refractivity contribution < 1.29 is 17.9 Å². The maximum Gasteiger partial charge on any atom is 0.416 e. The van der Waals surface area contributed by atoms with Crippen LogP contribution in [0.2, 0.25) is 0 Å². The van der Waals surface area contributed by atoms with Gasteiger partial charge in [-0.3, -0.25) is 5.41 Å². The zero-order valence-electron chi connectivity index (χ0n) is 10.1. The van der Waals surface area contributed by atoms with E-state index in [9.17, 15) is 13.2 Å². The molecule has 1 aromatic heterocycles. The Bertz CT molecular complexity index is 624. The van der Waals surface area contributed by atoms with Crippen LogP contribution in [-0.2, 0) is 6.18 Å². The molecule has 0 saturated carbocycles. The van der Waals surface area contributed by atoms with Gasteiger partial charge in [-0.1, -0.05) is 0 Å². The highest BCUT2D eigenvalue weighted by Crippen LogP contribution is 2.31. The molecule has 20 heavy (non-hydrogen) atoms. The Balaban J connectivity index is 2.25. The van der Waals surface area contributed by atoms with E-state index in [1.54, 1.807) is 6.07 Å². The molecule has 7 heteroatoms. The Labute approximate surface area is 112 Å². The molecule has 0 saturated heterocycles. The van der Waals surface area contributed by atoms with E-state index < -0.39 is 11.7 Å². The SMILES string of the molecule is N=C(N)c1ncccc1Oc1ccc(C(F)(F)F)cc1. The molecule has 0 radical (unpaired) electrons. The number of nitrogens with zero attached hydrogens (tertiary/aromatic N) is 1. The molecular weight excluding hydrogens is 271 g/mol. The van der Waals surface area contributed by atoms with Crippen molar-refractivity contribution in [3.8, 4) is 11.5 Å². The molecule has 104 valence electrons. The Morgan fingerprint density at radius 1 is 1.15 bits per heavy atom. The molecule has 0 spiro atoms. The standard InChI is InChI=1S/C13H10F3N3O/c14-13(15,16)8-3-5-9(6-4-8)20-10-2-1-7-19-11(10)12(17)18/h1-7H,(H3,17,18). The van der Waals surface area contributed by atoms with E-state index in [1.807, 2.05) is 0 Å². The van der Waals surface area contributed by atoms with Crippen molar-refractivity contribution in [3.05, 3.63) is 53.9 Å². The number of hydrogen-bond donors (Lipinski definition) is 2. The third-order valence-electron chi connectivity index (χ3n) is 2.44. The number of nitrogens with two attached hydrogens (primary N) is 1. The predicted octanol–water partition coefficient (Wildman–Crippen LogP) is 3.18. The molecule has 0 unspecified atom stereocenters. The molecule has 0 bridgehead atoms. The van der Waals surface area contributed by atoms with Crippen LogP contribution in [0.1, 0.15) is 11.3 Å². The molecule has 0 amide bonds. The van der Waals surface area contributed by atoms with Crippen LogP contribution in [0, 0.1) is 5.41 Å². The summed E-state index contributed by atoms with van der Waals surface area (Å²) < 4.78 is 42.7. The lowest BCUT2D eigenvalue weighted by molar-refractivity contribution is -0.137. The average Bonchev–Trinajstić information content (AvgIpc) is 2.38. The first kappa shape index (κ1) is 13.9. The lowest BCUT2D eigenvalue weighted by Gasteiger charge is -2.10. The number of rotatable bonds is 3. The minimum Gasteiger partial charge on any atom is -0.455 e. The van der Waals surface area contributed by atoms with E-state index in [2.05, 4.69) is 4.98 Å². The van der Waals surface area contributed by atoms with Crippen molar-refractivity contribution in [2.45, 2.75) is 6.18 Å². The topological polar surface area (TPSA) is 72.0 Å². The van der Waals surface area contributed by atoms with Crippen LogP contribution < -0.4 is 10.5 Å². The van der Waals surface area contributed by atoms with Gasteiger partial charge >= 0.3 is 6.18 Å². The molecule has 2 rings (SSSR count). The molecule has 0 aliphatic heterocycles. The van der Waals surface area contributed by atoms with E-state index in [4.69, 9.17) is 15.9 Å². The number of pyridine rings is 1. The van der Waals surface area contributed by atoms with Gasteiger partial charge in [0.25, 0.3) is 0 Å². The van der Waals surface area contributed by atoms with Gasteiger partial charge < -0.3 is 10.5 Å². The summed E-state index contributed by atoms with van der Waals surface area (Å²) in [7, 11) is 0. The van der Waals surface area contributed by atoms with Gasteiger partial charge in [-0.15, -0.1) is 0 Å². The highest BCUT2D eigenvalue weighted by molar-refractivity contribution is 5.95. The molecule has 0 fully saturated rings. The summed E-state index contributed by atoms with van der Waals surface area (Å²) >= 11 is 0. The molecule has 0 atom stereocenters. The number of nitrogens with one attached hydrogen (secondary N) is 1. The van der Waals surface area contributed by atoms with E-state index >= 15 is 0 Å². The number of ether oxygens (including phenoxy) is 1. The number of nitrogen functional groups attached to an aromatic ring is 1. The first-order chi connectivity index (χ1) is 9.38. The molecule has 3 N–H and O–H groups in total. The van der Waals surface area contributed by atoms with Crippen molar-refractivity contribution in [1.29, 1.82) is 5.41 Å². The maximum atomic E-state index is 12.4. The zero-order chi connectivity index (χ0) is 14.8. The predicted molar refractivity (Wildman–Crippen MR) is 66.8 cm³/mol. The molecule has 2 aromatic rings. The van der Waals surface area contributed by atoms with Crippen molar-refractivity contribution >= 4 is 5.84 Å². The van der Waals surface area contributed by atoms with Gasteiger partial charge in [-0.2, -0.15) is 13.2 Å². The molecular formula is C13H10F3N3O. The third kappa shape index (κ3) is 3.05. The van der Waals surface area contributed by atoms with Crippen LogP contribution in [0.4, 0.5) is 13.2 Å². The zero-order valence-corrected chi connectivity index (χ0v) is 10.1. The normalized spacial score (nSPS) is 11.2. The number of aromatic nitrogens is 1. The second kappa shape index (κ2) is 5.20. The average molecular weight is 281 g/mol. The lowest BCUT2D eigenvalue weighted by atomic mass is 10.2. The van der Waals surface area contributed by atoms with Crippen LogP contribution in [-0.4, -0.2) is 10.8 Å². The molecule has 1 heterocycles. The van der Waals surface area contributed by atoms with Gasteiger partial charge in [-0.05, 0) is 36.4 Å². The van der Waals surface area contributed by atoms with Gasteiger partial charge in [-0.25, -0.2) is 4.98 Å². The number of alkyl halides is 3. The van der Waals surface area contributed by atoms with Gasteiger partial charge in [0.2, 0.25) is 0 Å². The fourth-order valence-corrected chi connectivity index (χ4v) is 1.51. The highest BCUT2D eigenvalue weighted by Gasteiger charge is 2.30. The van der Waals surface area contributed by atoms with E-state index in [0.717, 1.165) is 12.1 Å². The molecule has 4 nitrogen and oxygen atoms in total. The van der Waals surface area contributed by atoms with Gasteiger partial charge in [0, 0.05) is 6.20 Å². The van der Waals surface area contributed by atoms with E-state index in [-0.39, 0.29) is 23.0 Å². The summed E-state index contributed by atoms with van der Waals surface area (Å²) in [4.78, 5) is 3.88. The second-order valence-electron chi connectivity index (χ2n) is 3.89. The summed E-state index contributed by atoms with van der Waals surface area (Å²) in [6, 6.07) is 7.32. The molecule has 0 aliphatic carbocycles. The van der Waals surface area contributed by atoms with Crippen LogP contribution >= 0.6 is 0 Å². The summed E-state index contributed by atoms with van der Waals surface area (Å²) in [5, 5.41) is 7.34. The quantitative estimate of drug-likeness (QED) is 0.670. The Kier molecular flexibility index (Phi) is 3.60. The Morgan fingerprint density at radius 3 is 2.35 bits per heavy atom. The molecule has 0 aliphatic rings. The van der Waals surface area contributed by atoms with Crippen molar-refractivity contribution in [2.75, 3.05) is 0 Å². The monoisotopic (exact) mass is 281 g/mol. The smallest absolute Gasteiger partial charge is 0.416 e. The number of amidine groups is 1. The minimum atomic E-state index is -4.39. The number of halogens is 3. The van der Waals surface area contributed by atoms with Crippen LogP contribution in [0.5, 0.6) is 11.5 Å². The summed E-state index contributed by atoms with van der Waals surface area (Å²) in [5.74, 6) is 0.126. The number of benzene rings is 1. The third-order valence-corrected chi connectivity index (χ3v) is 2.44. The fourth-order valence-electron chi connectivity index (χ4n) is 1.51. The van der Waals surface area contributed by atoms with Gasteiger partial charge in [0.1, 0.15) is 17.3 Å². The summed E-state index contributed by atoms with van der Waals surface area (Å²) in [6.07, 6.45) is -2.95. The second-order valence-corrected chi connectivity index (χ2v) is 3.89. The van der Waals surface area contributed by atoms with Crippen molar-refractivity contribution in [1.82, 2.24) is 4.98 Å².